The van der Waals surface area contributed by atoms with Crippen LogP contribution in [0, 0.1) is 17.5 Å². The molecule has 0 bridgehead atoms. The number of rotatable bonds is 3. The van der Waals surface area contributed by atoms with Crippen molar-refractivity contribution >= 4 is 0 Å². The largest absolute Gasteiger partial charge is 0.309 e. The molecule has 0 aliphatic rings. The molecule has 0 radical (unpaired) electrons. The third kappa shape index (κ3) is 2.51. The van der Waals surface area contributed by atoms with Gasteiger partial charge in [-0.3, -0.25) is 4.98 Å². The second-order valence-corrected chi connectivity index (χ2v) is 3.82. The highest BCUT2D eigenvalue weighted by Gasteiger charge is 2.17. The molecule has 5 heteroatoms. The van der Waals surface area contributed by atoms with Crippen molar-refractivity contribution < 1.29 is 13.2 Å². The minimum Gasteiger partial charge on any atom is -0.309 e. The number of halogens is 3. The van der Waals surface area contributed by atoms with Crippen molar-refractivity contribution in [3.05, 3.63) is 65.2 Å². The smallest absolute Gasteiger partial charge is 0.146 e. The van der Waals surface area contributed by atoms with Gasteiger partial charge in [0.25, 0.3) is 0 Å². The molecule has 2 nitrogen and oxygen atoms in total. The van der Waals surface area contributed by atoms with E-state index in [1.165, 1.54) is 24.4 Å². The maximum Gasteiger partial charge on any atom is 0.146 e. The zero-order chi connectivity index (χ0) is 13.1. The number of hydrogen-bond acceptors (Lipinski definition) is 2. The number of hydrogen-bond donors (Lipinski definition) is 1. The first-order chi connectivity index (χ1) is 8.61. The maximum absolute atomic E-state index is 13.6. The van der Waals surface area contributed by atoms with Crippen molar-refractivity contribution in [3.63, 3.8) is 0 Å². The lowest BCUT2D eigenvalue weighted by Crippen LogP contribution is -2.19. The number of benzene rings is 1. The van der Waals surface area contributed by atoms with Gasteiger partial charge in [0.15, 0.2) is 0 Å². The van der Waals surface area contributed by atoms with E-state index in [9.17, 15) is 13.2 Å². The first-order valence-corrected chi connectivity index (χ1v) is 5.34. The van der Waals surface area contributed by atoms with E-state index in [0.29, 0.717) is 5.56 Å². The first-order valence-electron chi connectivity index (χ1n) is 5.34. The van der Waals surface area contributed by atoms with Crippen LogP contribution in [-0.4, -0.2) is 12.0 Å². The van der Waals surface area contributed by atoms with Crippen molar-refractivity contribution in [2.75, 3.05) is 7.05 Å². The Morgan fingerprint density at radius 2 is 1.78 bits per heavy atom. The molecule has 0 aliphatic heterocycles. The summed E-state index contributed by atoms with van der Waals surface area (Å²) in [6, 6.07) is 3.96. The summed E-state index contributed by atoms with van der Waals surface area (Å²) in [5.74, 6) is -1.92. The van der Waals surface area contributed by atoms with Gasteiger partial charge in [-0.1, -0.05) is 0 Å². The van der Waals surface area contributed by atoms with E-state index in [2.05, 4.69) is 10.3 Å². The zero-order valence-electron chi connectivity index (χ0n) is 9.62. The van der Waals surface area contributed by atoms with E-state index >= 15 is 0 Å². The molecule has 2 rings (SSSR count). The molecule has 0 spiro atoms. The summed E-state index contributed by atoms with van der Waals surface area (Å²) in [5, 5.41) is 2.83. The van der Waals surface area contributed by atoms with Crippen LogP contribution in [-0.2, 0) is 0 Å². The lowest BCUT2D eigenvalue weighted by atomic mass is 9.99. The summed E-state index contributed by atoms with van der Waals surface area (Å²) < 4.78 is 40.0. The zero-order valence-corrected chi connectivity index (χ0v) is 9.62. The standard InChI is InChI=1S/C13H11F3N2/c1-17-13(11-2-3-18-7-12(11)16)8-4-9(14)6-10(15)5-8/h2-7,13,17H,1H3. The van der Waals surface area contributed by atoms with Crippen LogP contribution < -0.4 is 5.32 Å². The molecule has 1 heterocycles. The quantitative estimate of drug-likeness (QED) is 0.908. The summed E-state index contributed by atoms with van der Waals surface area (Å²) in [6.45, 7) is 0. The lowest BCUT2D eigenvalue weighted by Gasteiger charge is -2.17. The van der Waals surface area contributed by atoms with Gasteiger partial charge in [-0.2, -0.15) is 0 Å². The minimum atomic E-state index is -0.695. The highest BCUT2D eigenvalue weighted by Crippen LogP contribution is 2.24. The lowest BCUT2D eigenvalue weighted by molar-refractivity contribution is 0.553. The topological polar surface area (TPSA) is 24.9 Å². The molecule has 1 N–H and O–H groups in total. The monoisotopic (exact) mass is 252 g/mol. The van der Waals surface area contributed by atoms with E-state index in [4.69, 9.17) is 0 Å². The Morgan fingerprint density at radius 3 is 2.33 bits per heavy atom. The molecule has 1 aromatic heterocycles. The summed E-state index contributed by atoms with van der Waals surface area (Å²) in [4.78, 5) is 3.64. The van der Waals surface area contributed by atoms with Crippen molar-refractivity contribution in [2.24, 2.45) is 0 Å². The number of nitrogens with one attached hydrogen (secondary N) is 1. The van der Waals surface area contributed by atoms with Crippen molar-refractivity contribution in [1.29, 1.82) is 0 Å². The van der Waals surface area contributed by atoms with Gasteiger partial charge in [0.1, 0.15) is 17.5 Å². The molecule has 94 valence electrons. The Morgan fingerprint density at radius 1 is 1.11 bits per heavy atom. The molecular weight excluding hydrogens is 241 g/mol. The molecule has 0 saturated heterocycles. The van der Waals surface area contributed by atoms with Crippen LogP contribution in [0.1, 0.15) is 17.2 Å². The molecule has 2 aromatic rings. The highest BCUT2D eigenvalue weighted by atomic mass is 19.1. The molecule has 0 saturated carbocycles. The van der Waals surface area contributed by atoms with Crippen molar-refractivity contribution in [1.82, 2.24) is 10.3 Å². The van der Waals surface area contributed by atoms with Gasteiger partial charge < -0.3 is 5.32 Å². The van der Waals surface area contributed by atoms with Crippen molar-refractivity contribution in [2.45, 2.75) is 6.04 Å². The SMILES string of the molecule is CNC(c1cc(F)cc(F)c1)c1ccncc1F. The van der Waals surface area contributed by atoms with Crippen LogP contribution in [0.15, 0.2) is 36.7 Å². The van der Waals surface area contributed by atoms with Crippen LogP contribution in [0.2, 0.25) is 0 Å². The summed E-state index contributed by atoms with van der Waals surface area (Å²) >= 11 is 0. The van der Waals surface area contributed by atoms with E-state index in [-0.39, 0.29) is 5.56 Å². The Kier molecular flexibility index (Phi) is 3.62. The normalized spacial score (nSPS) is 12.4. The predicted octanol–water partition coefficient (Wildman–Crippen LogP) is 2.81. The molecule has 1 atom stereocenters. The Balaban J connectivity index is 2.48. The third-order valence-corrected chi connectivity index (χ3v) is 2.62. The fraction of sp³-hybridized carbons (Fsp3) is 0.154. The van der Waals surface area contributed by atoms with Crippen LogP contribution in [0.5, 0.6) is 0 Å². The van der Waals surface area contributed by atoms with Crippen molar-refractivity contribution in [3.8, 4) is 0 Å². The van der Waals surface area contributed by atoms with Gasteiger partial charge in [-0.05, 0) is 30.8 Å². The van der Waals surface area contributed by atoms with E-state index in [1.807, 2.05) is 0 Å². The maximum atomic E-state index is 13.6. The molecular formula is C13H11F3N2. The van der Waals surface area contributed by atoms with Gasteiger partial charge in [0, 0.05) is 17.8 Å². The average molecular weight is 252 g/mol. The van der Waals surface area contributed by atoms with Crippen LogP contribution in [0.3, 0.4) is 0 Å². The van der Waals surface area contributed by atoms with E-state index in [0.717, 1.165) is 12.3 Å². The van der Waals surface area contributed by atoms with E-state index < -0.39 is 23.5 Å². The summed E-state index contributed by atoms with van der Waals surface area (Å²) in [7, 11) is 1.59. The second-order valence-electron chi connectivity index (χ2n) is 3.82. The van der Waals surface area contributed by atoms with Gasteiger partial charge in [-0.15, -0.1) is 0 Å². The van der Waals surface area contributed by atoms with Gasteiger partial charge >= 0.3 is 0 Å². The first kappa shape index (κ1) is 12.6. The third-order valence-electron chi connectivity index (χ3n) is 2.62. The summed E-state index contributed by atoms with van der Waals surface area (Å²) in [6.07, 6.45) is 2.49. The Labute approximate surface area is 102 Å². The number of nitrogens with zero attached hydrogens (tertiary/aromatic N) is 1. The molecule has 0 amide bonds. The van der Waals surface area contributed by atoms with Gasteiger partial charge in [0.05, 0.1) is 12.2 Å². The fourth-order valence-corrected chi connectivity index (χ4v) is 1.86. The molecule has 1 unspecified atom stereocenters. The van der Waals surface area contributed by atoms with Crippen LogP contribution in [0.4, 0.5) is 13.2 Å². The van der Waals surface area contributed by atoms with Gasteiger partial charge in [-0.25, -0.2) is 13.2 Å². The average Bonchev–Trinajstić information content (AvgIpc) is 2.31. The molecule has 18 heavy (non-hydrogen) atoms. The van der Waals surface area contributed by atoms with Crippen LogP contribution >= 0.6 is 0 Å². The Bertz CT molecular complexity index is 537. The molecule has 0 aliphatic carbocycles. The predicted molar refractivity (Wildman–Crippen MR) is 61.5 cm³/mol. The molecule has 1 aromatic carbocycles. The summed E-state index contributed by atoms with van der Waals surface area (Å²) in [5.41, 5.74) is 0.609. The van der Waals surface area contributed by atoms with E-state index in [1.54, 1.807) is 7.05 Å². The number of aromatic nitrogens is 1. The fourth-order valence-electron chi connectivity index (χ4n) is 1.86. The highest BCUT2D eigenvalue weighted by molar-refractivity contribution is 5.32. The van der Waals surface area contributed by atoms with Gasteiger partial charge in [0.2, 0.25) is 0 Å². The second kappa shape index (κ2) is 5.18. The number of pyridine rings is 1. The van der Waals surface area contributed by atoms with Crippen LogP contribution in [0.25, 0.3) is 0 Å². The Hall–Kier alpha value is -1.88. The minimum absolute atomic E-state index is 0.289. The molecule has 0 fully saturated rings.